The fourth-order valence-electron chi connectivity index (χ4n) is 3.17. The SMILES string of the molecule is CN=C(NCCS(=O)(=O)NCc1ccccc1)NCC1(CCOC)CCC1.I. The monoisotopic (exact) mass is 524 g/mol. The largest absolute Gasteiger partial charge is 0.385 e. The molecule has 0 spiro atoms. The lowest BCUT2D eigenvalue weighted by Gasteiger charge is -2.42. The quantitative estimate of drug-likeness (QED) is 0.234. The fraction of sp³-hybridized carbons (Fsp3) is 0.632. The molecule has 1 saturated carbocycles. The van der Waals surface area contributed by atoms with Crippen molar-refractivity contribution >= 4 is 40.0 Å². The summed E-state index contributed by atoms with van der Waals surface area (Å²) in [6, 6.07) is 9.48. The van der Waals surface area contributed by atoms with Gasteiger partial charge >= 0.3 is 0 Å². The molecular formula is C19H33IN4O3S. The summed E-state index contributed by atoms with van der Waals surface area (Å²) in [5, 5.41) is 6.42. The van der Waals surface area contributed by atoms with Crippen molar-refractivity contribution in [2.45, 2.75) is 32.2 Å². The summed E-state index contributed by atoms with van der Waals surface area (Å²) >= 11 is 0. The molecule has 28 heavy (non-hydrogen) atoms. The number of nitrogens with zero attached hydrogens (tertiary/aromatic N) is 1. The third-order valence-corrected chi connectivity index (χ3v) is 6.43. The van der Waals surface area contributed by atoms with Crippen LogP contribution in [0.4, 0.5) is 0 Å². The Bertz CT molecular complexity index is 694. The van der Waals surface area contributed by atoms with Gasteiger partial charge in [0, 0.05) is 40.4 Å². The topological polar surface area (TPSA) is 91.8 Å². The normalized spacial score (nSPS) is 16.0. The van der Waals surface area contributed by atoms with E-state index in [1.165, 1.54) is 19.3 Å². The highest BCUT2D eigenvalue weighted by Gasteiger charge is 2.36. The second kappa shape index (κ2) is 12.6. The van der Waals surface area contributed by atoms with E-state index < -0.39 is 10.0 Å². The summed E-state index contributed by atoms with van der Waals surface area (Å²) in [4.78, 5) is 4.19. The molecule has 1 aliphatic carbocycles. The van der Waals surface area contributed by atoms with Crippen molar-refractivity contribution in [3.8, 4) is 0 Å². The molecule has 2 rings (SSSR count). The molecule has 0 atom stereocenters. The highest BCUT2D eigenvalue weighted by atomic mass is 127. The molecule has 160 valence electrons. The summed E-state index contributed by atoms with van der Waals surface area (Å²) in [5.74, 6) is 0.631. The number of ether oxygens (including phenoxy) is 1. The van der Waals surface area contributed by atoms with Gasteiger partial charge in [-0.3, -0.25) is 4.99 Å². The van der Waals surface area contributed by atoms with Crippen LogP contribution in [0.25, 0.3) is 0 Å². The van der Waals surface area contributed by atoms with Gasteiger partial charge in [-0.15, -0.1) is 24.0 Å². The first-order valence-corrected chi connectivity index (χ1v) is 11.1. The van der Waals surface area contributed by atoms with E-state index in [1.807, 2.05) is 30.3 Å². The smallest absolute Gasteiger partial charge is 0.213 e. The molecule has 0 radical (unpaired) electrons. The Kier molecular flexibility index (Phi) is 11.3. The first kappa shape index (κ1) is 25.1. The van der Waals surface area contributed by atoms with Crippen LogP contribution in [0.5, 0.6) is 0 Å². The minimum atomic E-state index is -3.34. The molecule has 7 nitrogen and oxygen atoms in total. The molecule has 0 aliphatic heterocycles. The van der Waals surface area contributed by atoms with E-state index in [1.54, 1.807) is 14.2 Å². The van der Waals surface area contributed by atoms with Crippen LogP contribution in [-0.2, 0) is 21.3 Å². The number of guanidine groups is 1. The van der Waals surface area contributed by atoms with E-state index in [0.717, 1.165) is 25.1 Å². The lowest BCUT2D eigenvalue weighted by molar-refractivity contribution is 0.0733. The summed E-state index contributed by atoms with van der Waals surface area (Å²) in [7, 11) is 0.0789. The molecular weight excluding hydrogens is 491 g/mol. The molecule has 1 aromatic carbocycles. The maximum absolute atomic E-state index is 12.1. The van der Waals surface area contributed by atoms with Crippen molar-refractivity contribution in [1.82, 2.24) is 15.4 Å². The minimum Gasteiger partial charge on any atom is -0.385 e. The van der Waals surface area contributed by atoms with Gasteiger partial charge in [0.1, 0.15) is 0 Å². The molecule has 0 saturated heterocycles. The maximum Gasteiger partial charge on any atom is 0.213 e. The third kappa shape index (κ3) is 8.62. The number of nitrogens with one attached hydrogen (secondary N) is 3. The van der Waals surface area contributed by atoms with Crippen molar-refractivity contribution in [2.75, 3.05) is 39.6 Å². The Balaban J connectivity index is 0.00000392. The lowest BCUT2D eigenvalue weighted by Crippen LogP contribution is -2.48. The van der Waals surface area contributed by atoms with Crippen LogP contribution < -0.4 is 15.4 Å². The Morgan fingerprint density at radius 3 is 2.50 bits per heavy atom. The number of aliphatic imine (C=N–C) groups is 1. The molecule has 1 aliphatic rings. The van der Waals surface area contributed by atoms with Crippen LogP contribution in [0, 0.1) is 5.41 Å². The van der Waals surface area contributed by atoms with Crippen molar-refractivity contribution in [1.29, 1.82) is 0 Å². The molecule has 3 N–H and O–H groups in total. The zero-order valence-electron chi connectivity index (χ0n) is 16.7. The number of benzene rings is 1. The minimum absolute atomic E-state index is 0. The van der Waals surface area contributed by atoms with Gasteiger partial charge in [0.25, 0.3) is 0 Å². The molecule has 0 unspecified atom stereocenters. The van der Waals surface area contributed by atoms with Crippen LogP contribution in [0.2, 0.25) is 0 Å². The Labute approximate surface area is 186 Å². The number of rotatable bonds is 11. The summed E-state index contributed by atoms with van der Waals surface area (Å²) in [6.07, 6.45) is 4.67. The van der Waals surface area contributed by atoms with E-state index in [-0.39, 0.29) is 35.1 Å². The highest BCUT2D eigenvalue weighted by Crippen LogP contribution is 2.43. The standard InChI is InChI=1S/C19H32N4O3S.HI/c1-20-18(22-16-19(9-6-10-19)11-13-26-2)21-12-14-27(24,25)23-15-17-7-4-3-5-8-17;/h3-5,7-8,23H,6,9-16H2,1-2H3,(H2,20,21,22);1H. The number of hydrogen-bond acceptors (Lipinski definition) is 4. The predicted molar refractivity (Wildman–Crippen MR) is 125 cm³/mol. The van der Waals surface area contributed by atoms with Crippen LogP contribution in [0.15, 0.2) is 35.3 Å². The van der Waals surface area contributed by atoms with E-state index >= 15 is 0 Å². The molecule has 0 bridgehead atoms. The zero-order valence-corrected chi connectivity index (χ0v) is 19.9. The summed E-state index contributed by atoms with van der Waals surface area (Å²) in [5.41, 5.74) is 1.21. The molecule has 0 amide bonds. The Hall–Kier alpha value is -0.910. The number of sulfonamides is 1. The van der Waals surface area contributed by atoms with Gasteiger partial charge in [0.2, 0.25) is 10.0 Å². The molecule has 1 fully saturated rings. The van der Waals surface area contributed by atoms with Gasteiger partial charge in [-0.2, -0.15) is 0 Å². The lowest BCUT2D eigenvalue weighted by atomic mass is 9.67. The van der Waals surface area contributed by atoms with E-state index in [9.17, 15) is 8.42 Å². The molecule has 0 aromatic heterocycles. The maximum atomic E-state index is 12.1. The van der Waals surface area contributed by atoms with Crippen LogP contribution >= 0.6 is 24.0 Å². The summed E-state index contributed by atoms with van der Waals surface area (Å²) in [6.45, 7) is 2.20. The van der Waals surface area contributed by atoms with E-state index in [4.69, 9.17) is 4.74 Å². The number of halogens is 1. The zero-order chi connectivity index (χ0) is 19.6. The van der Waals surface area contributed by atoms with Gasteiger partial charge in [-0.1, -0.05) is 36.8 Å². The first-order chi connectivity index (χ1) is 13.0. The van der Waals surface area contributed by atoms with Crippen LogP contribution in [-0.4, -0.2) is 54.0 Å². The van der Waals surface area contributed by atoms with E-state index in [2.05, 4.69) is 20.3 Å². The second-order valence-electron chi connectivity index (χ2n) is 7.07. The van der Waals surface area contributed by atoms with Gasteiger partial charge < -0.3 is 15.4 Å². The van der Waals surface area contributed by atoms with Crippen LogP contribution in [0.1, 0.15) is 31.2 Å². The predicted octanol–water partition coefficient (Wildman–Crippen LogP) is 2.10. The van der Waals surface area contributed by atoms with Crippen molar-refractivity contribution < 1.29 is 13.2 Å². The van der Waals surface area contributed by atoms with Crippen molar-refractivity contribution in [3.05, 3.63) is 35.9 Å². The second-order valence-corrected chi connectivity index (χ2v) is 9.00. The van der Waals surface area contributed by atoms with Gasteiger partial charge in [-0.25, -0.2) is 13.1 Å². The van der Waals surface area contributed by atoms with Gasteiger partial charge in [-0.05, 0) is 30.2 Å². The highest BCUT2D eigenvalue weighted by molar-refractivity contribution is 14.0. The molecule has 9 heteroatoms. The van der Waals surface area contributed by atoms with Gasteiger partial charge in [0.15, 0.2) is 5.96 Å². The Morgan fingerprint density at radius 1 is 1.21 bits per heavy atom. The molecule has 1 aromatic rings. The van der Waals surface area contributed by atoms with Crippen molar-refractivity contribution in [2.24, 2.45) is 10.4 Å². The average Bonchev–Trinajstić information content (AvgIpc) is 2.64. The third-order valence-electron chi connectivity index (χ3n) is 5.11. The summed E-state index contributed by atoms with van der Waals surface area (Å²) < 4.78 is 32.1. The van der Waals surface area contributed by atoms with Crippen LogP contribution in [0.3, 0.4) is 0 Å². The fourth-order valence-corrected chi connectivity index (χ4v) is 4.07. The first-order valence-electron chi connectivity index (χ1n) is 9.43. The number of hydrogen-bond donors (Lipinski definition) is 3. The van der Waals surface area contributed by atoms with Gasteiger partial charge in [0.05, 0.1) is 5.75 Å². The number of methoxy groups -OCH3 is 1. The Morgan fingerprint density at radius 2 is 1.93 bits per heavy atom. The van der Waals surface area contributed by atoms with Crippen molar-refractivity contribution in [3.63, 3.8) is 0 Å². The van der Waals surface area contributed by atoms with E-state index in [0.29, 0.717) is 19.0 Å². The molecule has 0 heterocycles. The average molecular weight is 524 g/mol.